The highest BCUT2D eigenvalue weighted by molar-refractivity contribution is 5.98. The van der Waals surface area contributed by atoms with Crippen molar-refractivity contribution in [2.75, 3.05) is 19.6 Å². The van der Waals surface area contributed by atoms with Crippen LogP contribution in [0.3, 0.4) is 0 Å². The minimum absolute atomic E-state index is 0.107. The molecule has 0 radical (unpaired) electrons. The molecular formula is C30H35N5O. The molecule has 2 aliphatic rings. The monoisotopic (exact) mass is 481 g/mol. The number of benzene rings is 2. The maximum absolute atomic E-state index is 13.4. The Bertz CT molecular complexity index is 1380. The van der Waals surface area contributed by atoms with Gasteiger partial charge >= 0.3 is 0 Å². The number of aryl methyl sites for hydroxylation is 1. The Morgan fingerprint density at radius 1 is 1.03 bits per heavy atom. The number of rotatable bonds is 7. The van der Waals surface area contributed by atoms with Crippen molar-refractivity contribution in [3.63, 3.8) is 0 Å². The number of aromatic nitrogens is 3. The molecule has 1 N–H and O–H groups in total. The summed E-state index contributed by atoms with van der Waals surface area (Å²) in [6.07, 6.45) is 4.77. The normalized spacial score (nSPS) is 18.2. The van der Waals surface area contributed by atoms with Crippen molar-refractivity contribution < 1.29 is 4.79 Å². The number of likely N-dealkylation sites (N-methyl/N-ethyl adjacent to an activating group) is 1. The zero-order valence-electron chi connectivity index (χ0n) is 21.3. The SMILES string of the molecule is CCN[C@H]1CCCN(C(=O)c2ccc3c(c2)nc(-c2ccc(-c4ccccc4)n2CC2CC2)n3C)C1. The zero-order valence-corrected chi connectivity index (χ0v) is 21.3. The molecule has 0 spiro atoms. The van der Waals surface area contributed by atoms with Crippen LogP contribution in [-0.4, -0.2) is 50.6 Å². The quantitative estimate of drug-likeness (QED) is 0.388. The summed E-state index contributed by atoms with van der Waals surface area (Å²) in [6.45, 7) is 5.67. The number of nitrogens with zero attached hydrogens (tertiary/aromatic N) is 4. The van der Waals surface area contributed by atoms with Crippen LogP contribution in [0.2, 0.25) is 0 Å². The molecule has 1 aliphatic heterocycles. The Morgan fingerprint density at radius 2 is 1.83 bits per heavy atom. The number of piperidine rings is 1. The summed E-state index contributed by atoms with van der Waals surface area (Å²) in [5.41, 5.74) is 6.25. The molecule has 6 rings (SSSR count). The molecule has 1 aliphatic carbocycles. The lowest BCUT2D eigenvalue weighted by Crippen LogP contribution is -2.47. The number of hydrogen-bond acceptors (Lipinski definition) is 3. The van der Waals surface area contributed by atoms with Gasteiger partial charge in [-0.25, -0.2) is 4.98 Å². The Hall–Kier alpha value is -3.38. The van der Waals surface area contributed by atoms with Crippen molar-refractivity contribution in [3.8, 4) is 22.8 Å². The summed E-state index contributed by atoms with van der Waals surface area (Å²) in [7, 11) is 2.08. The average molecular weight is 482 g/mol. The van der Waals surface area contributed by atoms with E-state index in [-0.39, 0.29) is 5.91 Å². The van der Waals surface area contributed by atoms with Crippen LogP contribution in [0.25, 0.3) is 33.8 Å². The number of fused-ring (bicyclic) bond motifs is 1. The van der Waals surface area contributed by atoms with Crippen LogP contribution in [-0.2, 0) is 13.6 Å². The van der Waals surface area contributed by atoms with Gasteiger partial charge in [0.2, 0.25) is 0 Å². The lowest BCUT2D eigenvalue weighted by atomic mass is 10.0. The third-order valence-electron chi connectivity index (χ3n) is 7.75. The zero-order chi connectivity index (χ0) is 24.6. The Labute approximate surface area is 212 Å². The first-order chi connectivity index (χ1) is 17.6. The van der Waals surface area contributed by atoms with Gasteiger partial charge in [0, 0.05) is 44.0 Å². The highest BCUT2D eigenvalue weighted by Crippen LogP contribution is 2.37. The Morgan fingerprint density at radius 3 is 2.61 bits per heavy atom. The molecule has 1 atom stereocenters. The summed E-state index contributed by atoms with van der Waals surface area (Å²) in [5, 5.41) is 3.50. The maximum Gasteiger partial charge on any atom is 0.253 e. The van der Waals surface area contributed by atoms with Crippen molar-refractivity contribution in [3.05, 3.63) is 66.2 Å². The second-order valence-electron chi connectivity index (χ2n) is 10.4. The summed E-state index contributed by atoms with van der Waals surface area (Å²) in [4.78, 5) is 20.4. The van der Waals surface area contributed by atoms with Gasteiger partial charge in [0.15, 0.2) is 5.82 Å². The van der Waals surface area contributed by atoms with Crippen LogP contribution in [0.5, 0.6) is 0 Å². The summed E-state index contributed by atoms with van der Waals surface area (Å²) >= 11 is 0. The van der Waals surface area contributed by atoms with E-state index >= 15 is 0 Å². The molecule has 0 bridgehead atoms. The van der Waals surface area contributed by atoms with Crippen LogP contribution in [0.4, 0.5) is 0 Å². The highest BCUT2D eigenvalue weighted by Gasteiger charge is 2.27. The summed E-state index contributed by atoms with van der Waals surface area (Å²) < 4.78 is 4.61. The fourth-order valence-electron chi connectivity index (χ4n) is 5.64. The van der Waals surface area contributed by atoms with Crippen LogP contribution in [0, 0.1) is 5.92 Å². The van der Waals surface area contributed by atoms with E-state index in [1.54, 1.807) is 0 Å². The first kappa shape index (κ1) is 23.0. The van der Waals surface area contributed by atoms with E-state index in [1.807, 2.05) is 17.0 Å². The maximum atomic E-state index is 13.4. The third kappa shape index (κ3) is 4.35. The number of carbonyl (C=O) groups is 1. The van der Waals surface area contributed by atoms with E-state index in [0.29, 0.717) is 6.04 Å². The van der Waals surface area contributed by atoms with Crippen molar-refractivity contribution in [1.82, 2.24) is 24.3 Å². The number of amides is 1. The molecule has 6 heteroatoms. The largest absolute Gasteiger partial charge is 0.338 e. The molecular weight excluding hydrogens is 446 g/mol. The predicted molar refractivity (Wildman–Crippen MR) is 145 cm³/mol. The third-order valence-corrected chi connectivity index (χ3v) is 7.75. The first-order valence-electron chi connectivity index (χ1n) is 13.4. The molecule has 2 fully saturated rings. The highest BCUT2D eigenvalue weighted by atomic mass is 16.2. The molecule has 1 amide bonds. The standard InChI is InChI=1S/C30H35N5O/c1-3-31-24-10-7-17-34(20-24)30(36)23-13-14-27-25(18-23)32-29(33(27)2)28-16-15-26(22-8-5-4-6-9-22)35(28)19-21-11-12-21/h4-6,8-9,13-16,18,21,24,31H,3,7,10-12,17,19-20H2,1-2H3/t24-/m0/s1. The molecule has 2 aromatic carbocycles. The number of hydrogen-bond donors (Lipinski definition) is 1. The van der Waals surface area contributed by atoms with Crippen LogP contribution < -0.4 is 5.32 Å². The van der Waals surface area contributed by atoms with Gasteiger partial charge in [-0.15, -0.1) is 0 Å². The number of imidazole rings is 1. The molecule has 0 unspecified atom stereocenters. The van der Waals surface area contributed by atoms with Gasteiger partial charge in [-0.3, -0.25) is 4.79 Å². The van der Waals surface area contributed by atoms with Crippen LogP contribution in [0.1, 0.15) is 43.0 Å². The Kier molecular flexibility index (Phi) is 6.13. The minimum Gasteiger partial charge on any atom is -0.338 e. The second-order valence-corrected chi connectivity index (χ2v) is 10.4. The molecule has 1 saturated heterocycles. The molecule has 2 aromatic heterocycles. The van der Waals surface area contributed by atoms with Crippen molar-refractivity contribution >= 4 is 16.9 Å². The smallest absolute Gasteiger partial charge is 0.253 e. The molecule has 6 nitrogen and oxygen atoms in total. The van der Waals surface area contributed by atoms with Gasteiger partial charge in [0.25, 0.3) is 5.91 Å². The Balaban J connectivity index is 1.34. The average Bonchev–Trinajstić information content (AvgIpc) is 3.55. The summed E-state index contributed by atoms with van der Waals surface area (Å²) in [5.74, 6) is 1.80. The number of carbonyl (C=O) groups excluding carboxylic acids is 1. The van der Waals surface area contributed by atoms with Gasteiger partial charge < -0.3 is 19.4 Å². The van der Waals surface area contributed by atoms with Gasteiger partial charge in [0.1, 0.15) is 0 Å². The molecule has 1 saturated carbocycles. The molecule has 3 heterocycles. The van der Waals surface area contributed by atoms with Gasteiger partial charge in [0.05, 0.1) is 16.7 Å². The first-order valence-corrected chi connectivity index (χ1v) is 13.4. The molecule has 36 heavy (non-hydrogen) atoms. The molecule has 4 aromatic rings. The van der Waals surface area contributed by atoms with Crippen LogP contribution >= 0.6 is 0 Å². The fourth-order valence-corrected chi connectivity index (χ4v) is 5.64. The van der Waals surface area contributed by atoms with E-state index in [9.17, 15) is 4.79 Å². The van der Waals surface area contributed by atoms with E-state index < -0.39 is 0 Å². The van der Waals surface area contributed by atoms with Gasteiger partial charge in [-0.05, 0) is 74.0 Å². The van der Waals surface area contributed by atoms with Gasteiger partial charge in [-0.2, -0.15) is 0 Å². The minimum atomic E-state index is 0.107. The fraction of sp³-hybridized carbons (Fsp3) is 0.400. The number of nitrogens with one attached hydrogen (secondary N) is 1. The summed E-state index contributed by atoms with van der Waals surface area (Å²) in [6, 6.07) is 21.4. The lowest BCUT2D eigenvalue weighted by molar-refractivity contribution is 0.0696. The van der Waals surface area contributed by atoms with Crippen LogP contribution in [0.15, 0.2) is 60.7 Å². The van der Waals surface area contributed by atoms with Gasteiger partial charge in [-0.1, -0.05) is 37.3 Å². The van der Waals surface area contributed by atoms with E-state index in [1.165, 1.54) is 24.1 Å². The van der Waals surface area contributed by atoms with E-state index in [0.717, 1.165) is 73.1 Å². The topological polar surface area (TPSA) is 55.1 Å². The van der Waals surface area contributed by atoms with Crippen molar-refractivity contribution in [2.24, 2.45) is 13.0 Å². The van der Waals surface area contributed by atoms with Crippen molar-refractivity contribution in [1.29, 1.82) is 0 Å². The molecule has 186 valence electrons. The van der Waals surface area contributed by atoms with E-state index in [4.69, 9.17) is 4.98 Å². The predicted octanol–water partition coefficient (Wildman–Crippen LogP) is 5.33. The lowest BCUT2D eigenvalue weighted by Gasteiger charge is -2.33. The van der Waals surface area contributed by atoms with E-state index in [2.05, 4.69) is 77.0 Å². The number of likely N-dealkylation sites (tertiary alicyclic amines) is 1. The van der Waals surface area contributed by atoms with Crippen molar-refractivity contribution in [2.45, 2.75) is 45.2 Å². The second kappa shape index (κ2) is 9.58.